The highest BCUT2D eigenvalue weighted by Gasteiger charge is 2.10. The molecule has 9 nitrogen and oxygen atoms in total. The van der Waals surface area contributed by atoms with Gasteiger partial charge in [0.15, 0.2) is 0 Å². The second-order valence-corrected chi connectivity index (χ2v) is 7.65. The smallest absolute Gasteiger partial charge is 0.144 e. The van der Waals surface area contributed by atoms with Gasteiger partial charge in [0, 0.05) is 28.2 Å². The molecule has 32 heavy (non-hydrogen) atoms. The molecule has 5 N–H and O–H groups in total. The largest absolute Gasteiger partial charge is 0.489 e. The Labute approximate surface area is 195 Å². The van der Waals surface area contributed by atoms with Crippen molar-refractivity contribution in [1.29, 1.82) is 0 Å². The van der Waals surface area contributed by atoms with E-state index < -0.39 is 0 Å². The number of nitrogens with two attached hydrogens (primary N) is 2. The Hall–Kier alpha value is -2.50. The van der Waals surface area contributed by atoms with Crippen LogP contribution in [-0.2, 0) is 14.2 Å². The van der Waals surface area contributed by atoms with Crippen molar-refractivity contribution >= 4 is 44.0 Å². The monoisotopic (exact) mass is 505 g/mol. The van der Waals surface area contributed by atoms with Gasteiger partial charge in [0.05, 0.1) is 50.8 Å². The third kappa shape index (κ3) is 7.57. The number of benzene rings is 2. The standard InChI is InChI=1S/C22H28BrN5O4/c23-16-2-1-3-17(12-16)28-22-18-13-19(25)21(14-20(18)26-15-27-22)32-11-10-31-9-8-30-7-6-29-5-4-24/h1-3,12-15H,4-11,24-25H2,(H,26,27,28). The molecule has 1 heterocycles. The van der Waals surface area contributed by atoms with Gasteiger partial charge < -0.3 is 35.7 Å². The lowest BCUT2D eigenvalue weighted by molar-refractivity contribution is 0.0106. The number of nitrogen functional groups attached to an aromatic ring is 1. The highest BCUT2D eigenvalue weighted by Crippen LogP contribution is 2.31. The quantitative estimate of drug-likeness (QED) is 0.223. The fourth-order valence-corrected chi connectivity index (χ4v) is 3.26. The zero-order valence-corrected chi connectivity index (χ0v) is 19.3. The van der Waals surface area contributed by atoms with E-state index in [1.54, 1.807) is 0 Å². The van der Waals surface area contributed by atoms with Gasteiger partial charge in [-0.25, -0.2) is 9.97 Å². The molecule has 3 rings (SSSR count). The lowest BCUT2D eigenvalue weighted by Gasteiger charge is -2.13. The number of anilines is 3. The van der Waals surface area contributed by atoms with Crippen molar-refractivity contribution in [3.63, 3.8) is 0 Å². The number of fused-ring (bicyclic) bond motifs is 1. The highest BCUT2D eigenvalue weighted by atomic mass is 79.9. The summed E-state index contributed by atoms with van der Waals surface area (Å²) in [5.41, 5.74) is 13.7. The third-order valence-corrected chi connectivity index (χ3v) is 4.84. The molecule has 0 atom stereocenters. The number of nitrogens with one attached hydrogen (secondary N) is 1. The van der Waals surface area contributed by atoms with Crippen molar-refractivity contribution in [3.05, 3.63) is 47.2 Å². The number of nitrogens with zero attached hydrogens (tertiary/aromatic N) is 2. The SMILES string of the molecule is NCCOCCOCCOCCOc1cc2ncnc(Nc3cccc(Br)c3)c2cc1N. The van der Waals surface area contributed by atoms with E-state index in [4.69, 9.17) is 30.4 Å². The van der Waals surface area contributed by atoms with E-state index in [2.05, 4.69) is 31.2 Å². The van der Waals surface area contributed by atoms with Crippen LogP contribution in [0.2, 0.25) is 0 Å². The summed E-state index contributed by atoms with van der Waals surface area (Å²) >= 11 is 3.47. The maximum Gasteiger partial charge on any atom is 0.144 e. The fourth-order valence-electron chi connectivity index (χ4n) is 2.86. The van der Waals surface area contributed by atoms with E-state index in [0.717, 1.165) is 21.1 Å². The first-order valence-corrected chi connectivity index (χ1v) is 11.1. The van der Waals surface area contributed by atoms with E-state index in [-0.39, 0.29) is 0 Å². The van der Waals surface area contributed by atoms with Crippen LogP contribution < -0.4 is 21.5 Å². The van der Waals surface area contributed by atoms with Gasteiger partial charge in [-0.15, -0.1) is 0 Å². The lowest BCUT2D eigenvalue weighted by Crippen LogP contribution is -2.14. The molecule has 0 aliphatic carbocycles. The molecule has 0 saturated carbocycles. The molecule has 0 unspecified atom stereocenters. The molecule has 172 valence electrons. The average molecular weight is 506 g/mol. The molecule has 0 spiro atoms. The molecule has 0 aliphatic heterocycles. The number of hydrogen-bond acceptors (Lipinski definition) is 9. The van der Waals surface area contributed by atoms with Crippen LogP contribution in [-0.4, -0.2) is 62.8 Å². The molecular formula is C22H28BrN5O4. The van der Waals surface area contributed by atoms with Gasteiger partial charge in [0.25, 0.3) is 0 Å². The van der Waals surface area contributed by atoms with Crippen molar-refractivity contribution in [2.24, 2.45) is 5.73 Å². The van der Waals surface area contributed by atoms with Gasteiger partial charge >= 0.3 is 0 Å². The molecular weight excluding hydrogens is 478 g/mol. The van der Waals surface area contributed by atoms with Crippen molar-refractivity contribution in [1.82, 2.24) is 9.97 Å². The van der Waals surface area contributed by atoms with Crippen LogP contribution in [0, 0.1) is 0 Å². The molecule has 3 aromatic rings. The Kier molecular flexibility index (Phi) is 9.92. The van der Waals surface area contributed by atoms with E-state index in [0.29, 0.717) is 70.0 Å². The zero-order valence-electron chi connectivity index (χ0n) is 17.8. The van der Waals surface area contributed by atoms with E-state index in [1.165, 1.54) is 6.33 Å². The van der Waals surface area contributed by atoms with Crippen LogP contribution in [0.4, 0.5) is 17.2 Å². The second kappa shape index (κ2) is 13.1. The number of ether oxygens (including phenoxy) is 4. The van der Waals surface area contributed by atoms with Crippen LogP contribution in [0.25, 0.3) is 10.9 Å². The molecule has 0 radical (unpaired) electrons. The molecule has 0 fully saturated rings. The van der Waals surface area contributed by atoms with Gasteiger partial charge in [0.1, 0.15) is 24.5 Å². The summed E-state index contributed by atoms with van der Waals surface area (Å²) in [7, 11) is 0. The first-order chi connectivity index (χ1) is 15.7. The Morgan fingerprint density at radius 1 is 0.875 bits per heavy atom. The van der Waals surface area contributed by atoms with Crippen LogP contribution >= 0.6 is 15.9 Å². The normalized spacial score (nSPS) is 11.1. The summed E-state index contributed by atoms with van der Waals surface area (Å²) < 4.78 is 22.9. The topological polar surface area (TPSA) is 127 Å². The van der Waals surface area contributed by atoms with E-state index in [1.807, 2.05) is 36.4 Å². The van der Waals surface area contributed by atoms with Crippen molar-refractivity contribution in [2.75, 3.05) is 63.8 Å². The number of aromatic nitrogens is 2. The molecule has 0 bridgehead atoms. The number of rotatable bonds is 14. The van der Waals surface area contributed by atoms with Crippen LogP contribution in [0.3, 0.4) is 0 Å². The van der Waals surface area contributed by atoms with Crippen LogP contribution in [0.5, 0.6) is 5.75 Å². The number of halogens is 1. The zero-order chi connectivity index (χ0) is 22.6. The number of hydrogen-bond donors (Lipinski definition) is 3. The predicted octanol–water partition coefficient (Wildman–Crippen LogP) is 3.11. The molecule has 0 aliphatic rings. The fraction of sp³-hybridized carbons (Fsp3) is 0.364. The molecule has 0 amide bonds. The minimum atomic E-state index is 0.365. The Bertz CT molecular complexity index is 992. The maximum absolute atomic E-state index is 6.21. The lowest BCUT2D eigenvalue weighted by atomic mass is 10.2. The van der Waals surface area contributed by atoms with Crippen LogP contribution in [0.15, 0.2) is 47.2 Å². The predicted molar refractivity (Wildman–Crippen MR) is 128 cm³/mol. The highest BCUT2D eigenvalue weighted by molar-refractivity contribution is 9.10. The van der Waals surface area contributed by atoms with E-state index in [9.17, 15) is 0 Å². The summed E-state index contributed by atoms with van der Waals surface area (Å²) in [6, 6.07) is 11.5. The maximum atomic E-state index is 6.21. The summed E-state index contributed by atoms with van der Waals surface area (Å²) in [6.07, 6.45) is 1.51. The minimum absolute atomic E-state index is 0.365. The molecule has 1 aromatic heterocycles. The molecule has 10 heteroatoms. The van der Waals surface area contributed by atoms with Gasteiger partial charge in [-0.3, -0.25) is 0 Å². The Morgan fingerprint density at radius 3 is 2.31 bits per heavy atom. The summed E-state index contributed by atoms with van der Waals surface area (Å²) in [6.45, 7) is 3.87. The Morgan fingerprint density at radius 2 is 1.59 bits per heavy atom. The molecule has 0 saturated heterocycles. The summed E-state index contributed by atoms with van der Waals surface area (Å²) in [5, 5.41) is 4.11. The van der Waals surface area contributed by atoms with Gasteiger partial charge in [-0.1, -0.05) is 22.0 Å². The average Bonchev–Trinajstić information content (AvgIpc) is 2.78. The minimum Gasteiger partial charge on any atom is -0.489 e. The first-order valence-electron chi connectivity index (χ1n) is 10.3. The van der Waals surface area contributed by atoms with Gasteiger partial charge in [-0.05, 0) is 24.3 Å². The second-order valence-electron chi connectivity index (χ2n) is 6.74. The Balaban J connectivity index is 1.47. The van der Waals surface area contributed by atoms with E-state index >= 15 is 0 Å². The van der Waals surface area contributed by atoms with Crippen LogP contribution in [0.1, 0.15) is 0 Å². The van der Waals surface area contributed by atoms with Crippen molar-refractivity contribution < 1.29 is 18.9 Å². The van der Waals surface area contributed by atoms with Crippen molar-refractivity contribution in [2.45, 2.75) is 0 Å². The third-order valence-electron chi connectivity index (χ3n) is 4.35. The van der Waals surface area contributed by atoms with Gasteiger partial charge in [0.2, 0.25) is 0 Å². The van der Waals surface area contributed by atoms with Crippen molar-refractivity contribution in [3.8, 4) is 5.75 Å². The molecule has 2 aromatic carbocycles. The van der Waals surface area contributed by atoms with Gasteiger partial charge in [-0.2, -0.15) is 0 Å². The summed E-state index contributed by atoms with van der Waals surface area (Å²) in [4.78, 5) is 8.70. The first kappa shape index (κ1) is 24.1. The summed E-state index contributed by atoms with van der Waals surface area (Å²) in [5.74, 6) is 1.23.